The zero-order valence-corrected chi connectivity index (χ0v) is 11.7. The molecule has 0 aromatic heterocycles. The zero-order chi connectivity index (χ0) is 12.9. The van der Waals surface area contributed by atoms with E-state index in [9.17, 15) is 13.6 Å². The van der Waals surface area contributed by atoms with Crippen LogP contribution in [0.2, 0.25) is 0 Å². The molecule has 0 heterocycles. The largest absolute Gasteiger partial charge is 0.355 e. The molecule has 1 saturated carbocycles. The van der Waals surface area contributed by atoms with E-state index in [1.54, 1.807) is 0 Å². The van der Waals surface area contributed by atoms with Gasteiger partial charge < -0.3 is 5.32 Å². The Labute approximate surface area is 110 Å². The number of rotatable bonds is 5. The van der Waals surface area contributed by atoms with Crippen molar-refractivity contribution in [3.05, 3.63) is 0 Å². The summed E-state index contributed by atoms with van der Waals surface area (Å²) >= 11 is 3.47. The second-order valence-corrected chi connectivity index (χ2v) is 6.06. The molecule has 1 unspecified atom stereocenters. The maximum atomic E-state index is 12.9. The third-order valence-corrected chi connectivity index (χ3v) is 3.97. The highest BCUT2D eigenvalue weighted by Crippen LogP contribution is 2.36. The highest BCUT2D eigenvalue weighted by molar-refractivity contribution is 9.09. The molecule has 1 N–H and O–H groups in total. The van der Waals surface area contributed by atoms with Gasteiger partial charge in [-0.25, -0.2) is 8.78 Å². The second-order valence-electron chi connectivity index (χ2n) is 4.76. The molecule has 0 aromatic rings. The lowest BCUT2D eigenvalue weighted by Gasteiger charge is -2.27. The molecule has 0 aliphatic heterocycles. The molecule has 1 aliphatic carbocycles. The van der Waals surface area contributed by atoms with Crippen LogP contribution < -0.4 is 5.32 Å². The molecule has 0 saturated heterocycles. The number of hydrogen-bond donors (Lipinski definition) is 1. The molecule has 0 bridgehead atoms. The van der Waals surface area contributed by atoms with Crippen molar-refractivity contribution in [1.29, 1.82) is 0 Å². The van der Waals surface area contributed by atoms with Crippen molar-refractivity contribution in [1.82, 2.24) is 5.32 Å². The summed E-state index contributed by atoms with van der Waals surface area (Å²) in [6, 6.07) is 0. The van der Waals surface area contributed by atoms with Gasteiger partial charge in [0, 0.05) is 30.1 Å². The minimum atomic E-state index is -2.56. The minimum absolute atomic E-state index is 0.0685. The highest BCUT2D eigenvalue weighted by atomic mass is 79.9. The number of alkyl halides is 3. The van der Waals surface area contributed by atoms with Crippen molar-refractivity contribution < 1.29 is 13.6 Å². The van der Waals surface area contributed by atoms with Gasteiger partial charge in [-0.3, -0.25) is 4.79 Å². The van der Waals surface area contributed by atoms with Gasteiger partial charge in [0.1, 0.15) is 0 Å². The number of halogens is 3. The van der Waals surface area contributed by atoms with E-state index in [0.29, 0.717) is 19.4 Å². The number of hydrogen-bond acceptors (Lipinski definition) is 1. The van der Waals surface area contributed by atoms with Crippen molar-refractivity contribution in [3.63, 3.8) is 0 Å². The normalized spacial score (nSPS) is 22.1. The van der Waals surface area contributed by atoms with Crippen LogP contribution >= 0.6 is 15.9 Å². The Kier molecular flexibility index (Phi) is 5.83. The number of carbonyl (C=O) groups is 1. The quantitative estimate of drug-likeness (QED) is 0.774. The number of amides is 1. The van der Waals surface area contributed by atoms with E-state index in [0.717, 1.165) is 12.8 Å². The standard InChI is InChI=1S/C12H20BrF2NO/c1-2-3-10(13)8-16-11(17)9-4-6-12(14,15)7-5-9/h9-10H,2-8H2,1H3,(H,16,17). The van der Waals surface area contributed by atoms with Gasteiger partial charge in [0.05, 0.1) is 0 Å². The Bertz CT molecular complexity index is 251. The van der Waals surface area contributed by atoms with Crippen LogP contribution in [0.15, 0.2) is 0 Å². The Hall–Kier alpha value is -0.190. The molecule has 0 spiro atoms. The van der Waals surface area contributed by atoms with Crippen LogP contribution in [0.4, 0.5) is 8.78 Å². The summed E-state index contributed by atoms with van der Waals surface area (Å²) in [5, 5.41) is 2.83. The molecule has 0 aromatic carbocycles. The van der Waals surface area contributed by atoms with Gasteiger partial charge in [0.15, 0.2) is 0 Å². The Balaban J connectivity index is 2.25. The van der Waals surface area contributed by atoms with E-state index in [-0.39, 0.29) is 29.5 Å². The zero-order valence-electron chi connectivity index (χ0n) is 10.1. The summed E-state index contributed by atoms with van der Waals surface area (Å²) in [6.45, 7) is 2.67. The van der Waals surface area contributed by atoms with E-state index < -0.39 is 5.92 Å². The fraction of sp³-hybridized carbons (Fsp3) is 0.917. The maximum Gasteiger partial charge on any atom is 0.248 e. The Morgan fingerprint density at radius 1 is 1.47 bits per heavy atom. The molecular weight excluding hydrogens is 292 g/mol. The molecule has 1 amide bonds. The van der Waals surface area contributed by atoms with E-state index in [1.165, 1.54) is 0 Å². The predicted molar refractivity (Wildman–Crippen MR) is 67.5 cm³/mol. The average Bonchev–Trinajstić information content (AvgIpc) is 2.26. The summed E-state index contributed by atoms with van der Waals surface area (Å²) in [5.41, 5.74) is 0. The molecule has 1 rings (SSSR count). The van der Waals surface area contributed by atoms with E-state index in [2.05, 4.69) is 28.2 Å². The van der Waals surface area contributed by atoms with Crippen molar-refractivity contribution in [3.8, 4) is 0 Å². The van der Waals surface area contributed by atoms with Gasteiger partial charge in [0.2, 0.25) is 11.8 Å². The summed E-state index contributed by atoms with van der Waals surface area (Å²) in [4.78, 5) is 12.0. The lowest BCUT2D eigenvalue weighted by molar-refractivity contribution is -0.129. The predicted octanol–water partition coefficient (Wildman–Crippen LogP) is 3.49. The van der Waals surface area contributed by atoms with Gasteiger partial charge >= 0.3 is 0 Å². The molecule has 100 valence electrons. The minimum Gasteiger partial charge on any atom is -0.355 e. The molecular formula is C12H20BrF2NO. The fourth-order valence-electron chi connectivity index (χ4n) is 2.07. The summed E-state index contributed by atoms with van der Waals surface area (Å²) in [7, 11) is 0. The third-order valence-electron chi connectivity index (χ3n) is 3.19. The topological polar surface area (TPSA) is 29.1 Å². The molecule has 17 heavy (non-hydrogen) atoms. The van der Waals surface area contributed by atoms with Gasteiger partial charge in [-0.15, -0.1) is 0 Å². The average molecular weight is 312 g/mol. The van der Waals surface area contributed by atoms with Crippen LogP contribution in [0.1, 0.15) is 45.4 Å². The summed E-state index contributed by atoms with van der Waals surface area (Å²) < 4.78 is 25.8. The van der Waals surface area contributed by atoms with E-state index >= 15 is 0 Å². The van der Waals surface area contributed by atoms with Gasteiger partial charge in [-0.1, -0.05) is 29.3 Å². The Morgan fingerprint density at radius 3 is 2.59 bits per heavy atom. The second kappa shape index (κ2) is 6.66. The molecule has 0 radical (unpaired) electrons. The van der Waals surface area contributed by atoms with Gasteiger partial charge in [-0.05, 0) is 19.3 Å². The van der Waals surface area contributed by atoms with Crippen LogP contribution in [-0.2, 0) is 4.79 Å². The van der Waals surface area contributed by atoms with Crippen molar-refractivity contribution in [2.24, 2.45) is 5.92 Å². The van der Waals surface area contributed by atoms with E-state index in [4.69, 9.17) is 0 Å². The number of nitrogens with one attached hydrogen (secondary N) is 1. The Morgan fingerprint density at radius 2 is 2.06 bits per heavy atom. The lowest BCUT2D eigenvalue weighted by atomic mass is 9.86. The van der Waals surface area contributed by atoms with Gasteiger partial charge in [0.25, 0.3) is 0 Å². The van der Waals surface area contributed by atoms with Crippen molar-refractivity contribution in [2.75, 3.05) is 6.54 Å². The first-order chi connectivity index (χ1) is 7.94. The van der Waals surface area contributed by atoms with Crippen molar-refractivity contribution in [2.45, 2.75) is 56.2 Å². The molecule has 1 atom stereocenters. The lowest BCUT2D eigenvalue weighted by Crippen LogP contribution is -2.38. The van der Waals surface area contributed by atoms with Crippen LogP contribution in [-0.4, -0.2) is 23.2 Å². The number of carbonyl (C=O) groups excluding carboxylic acids is 1. The van der Waals surface area contributed by atoms with Crippen LogP contribution in [0.3, 0.4) is 0 Å². The fourth-order valence-corrected chi connectivity index (χ4v) is 2.69. The molecule has 5 heteroatoms. The summed E-state index contributed by atoms with van der Waals surface area (Å²) in [6.07, 6.45) is 2.36. The van der Waals surface area contributed by atoms with Crippen LogP contribution in [0.5, 0.6) is 0 Å². The monoisotopic (exact) mass is 311 g/mol. The first kappa shape index (κ1) is 14.9. The van der Waals surface area contributed by atoms with Crippen LogP contribution in [0, 0.1) is 5.92 Å². The highest BCUT2D eigenvalue weighted by Gasteiger charge is 2.37. The third kappa shape index (κ3) is 5.32. The van der Waals surface area contributed by atoms with E-state index in [1.807, 2.05) is 0 Å². The first-order valence-electron chi connectivity index (χ1n) is 6.24. The maximum absolute atomic E-state index is 12.9. The SMILES string of the molecule is CCCC(Br)CNC(=O)C1CCC(F)(F)CC1. The van der Waals surface area contributed by atoms with Crippen molar-refractivity contribution >= 4 is 21.8 Å². The smallest absolute Gasteiger partial charge is 0.248 e. The van der Waals surface area contributed by atoms with Gasteiger partial charge in [-0.2, -0.15) is 0 Å². The first-order valence-corrected chi connectivity index (χ1v) is 7.16. The molecule has 1 fully saturated rings. The molecule has 2 nitrogen and oxygen atoms in total. The molecule has 1 aliphatic rings. The van der Waals surface area contributed by atoms with Crippen LogP contribution in [0.25, 0.3) is 0 Å². The summed E-state index contributed by atoms with van der Waals surface area (Å²) in [5.74, 6) is -2.85.